The van der Waals surface area contributed by atoms with Gasteiger partial charge in [-0.15, -0.1) is 0 Å². The van der Waals surface area contributed by atoms with Gasteiger partial charge in [-0.2, -0.15) is 8.78 Å². The number of amides is 2. The van der Waals surface area contributed by atoms with Crippen LogP contribution in [0.5, 0.6) is 5.75 Å². The van der Waals surface area contributed by atoms with Crippen molar-refractivity contribution in [2.24, 2.45) is 5.92 Å². The minimum absolute atomic E-state index is 0.182. The SMILES string of the molecule is CC(C)(C)OC(=O)N1CCC(CCN2Cc3ccc(C(=O)Oc4c(F)c(F)c(F)c(F)c4F)cc3C2=O)CC1. The van der Waals surface area contributed by atoms with Crippen molar-refractivity contribution in [3.05, 3.63) is 64.0 Å². The molecule has 4 rings (SSSR count). The van der Waals surface area contributed by atoms with Gasteiger partial charge in [-0.25, -0.2) is 22.8 Å². The number of hydrogen-bond donors (Lipinski definition) is 0. The number of carbonyl (C=O) groups excluding carboxylic acids is 3. The van der Waals surface area contributed by atoms with E-state index in [1.54, 1.807) is 9.80 Å². The number of fused-ring (bicyclic) bond motifs is 1. The smallest absolute Gasteiger partial charge is 0.410 e. The Labute approximate surface area is 221 Å². The fourth-order valence-electron chi connectivity index (χ4n) is 4.56. The Balaban J connectivity index is 1.35. The number of likely N-dealkylation sites (tertiary alicyclic amines) is 1. The highest BCUT2D eigenvalue weighted by Gasteiger charge is 2.32. The second-order valence-electron chi connectivity index (χ2n) is 10.6. The molecule has 0 atom stereocenters. The average molecular weight is 555 g/mol. The first-order valence-corrected chi connectivity index (χ1v) is 12.4. The van der Waals surface area contributed by atoms with Crippen molar-refractivity contribution in [2.75, 3.05) is 19.6 Å². The molecule has 39 heavy (non-hydrogen) atoms. The summed E-state index contributed by atoms with van der Waals surface area (Å²) in [4.78, 5) is 40.9. The van der Waals surface area contributed by atoms with Crippen LogP contribution in [-0.2, 0) is 11.3 Å². The summed E-state index contributed by atoms with van der Waals surface area (Å²) in [5.41, 5.74) is -0.0599. The third-order valence-electron chi connectivity index (χ3n) is 6.66. The monoisotopic (exact) mass is 554 g/mol. The number of esters is 1. The lowest BCUT2D eigenvalue weighted by molar-refractivity contribution is 0.0178. The maximum Gasteiger partial charge on any atom is 0.410 e. The van der Waals surface area contributed by atoms with Crippen molar-refractivity contribution in [2.45, 2.75) is 52.2 Å². The Hall–Kier alpha value is -3.70. The fourth-order valence-corrected chi connectivity index (χ4v) is 4.56. The Morgan fingerprint density at radius 1 is 0.949 bits per heavy atom. The summed E-state index contributed by atoms with van der Waals surface area (Å²) in [6, 6.07) is 3.89. The molecule has 2 aromatic rings. The van der Waals surface area contributed by atoms with E-state index in [1.807, 2.05) is 20.8 Å². The Morgan fingerprint density at radius 3 is 2.13 bits per heavy atom. The van der Waals surface area contributed by atoms with Crippen LogP contribution < -0.4 is 4.74 Å². The van der Waals surface area contributed by atoms with Gasteiger partial charge in [0, 0.05) is 31.7 Å². The van der Waals surface area contributed by atoms with Crippen molar-refractivity contribution in [1.29, 1.82) is 0 Å². The van der Waals surface area contributed by atoms with E-state index in [2.05, 4.69) is 4.74 Å². The quantitative estimate of drug-likeness (QED) is 0.158. The van der Waals surface area contributed by atoms with Crippen LogP contribution in [0.3, 0.4) is 0 Å². The molecule has 1 fully saturated rings. The highest BCUT2D eigenvalue weighted by atomic mass is 19.2. The minimum Gasteiger partial charge on any atom is -0.444 e. The zero-order chi connectivity index (χ0) is 28.6. The molecule has 0 aromatic heterocycles. The van der Waals surface area contributed by atoms with E-state index >= 15 is 0 Å². The van der Waals surface area contributed by atoms with Gasteiger partial charge in [-0.05, 0) is 63.6 Å². The number of nitrogens with zero attached hydrogens (tertiary/aromatic N) is 2. The van der Waals surface area contributed by atoms with Gasteiger partial charge in [0.2, 0.25) is 34.8 Å². The predicted molar refractivity (Wildman–Crippen MR) is 128 cm³/mol. The van der Waals surface area contributed by atoms with Gasteiger partial charge in [-0.1, -0.05) is 6.07 Å². The number of hydrogen-bond acceptors (Lipinski definition) is 5. The van der Waals surface area contributed by atoms with Crippen LogP contribution in [0.1, 0.15) is 66.3 Å². The third-order valence-corrected chi connectivity index (χ3v) is 6.66. The van der Waals surface area contributed by atoms with Crippen molar-refractivity contribution >= 4 is 18.0 Å². The molecule has 210 valence electrons. The van der Waals surface area contributed by atoms with E-state index in [9.17, 15) is 36.3 Å². The maximum atomic E-state index is 13.9. The number of benzene rings is 2. The molecule has 12 heteroatoms. The van der Waals surface area contributed by atoms with E-state index < -0.39 is 46.4 Å². The van der Waals surface area contributed by atoms with Gasteiger partial charge in [0.1, 0.15) is 5.60 Å². The summed E-state index contributed by atoms with van der Waals surface area (Å²) in [5, 5.41) is 0. The zero-order valence-electron chi connectivity index (χ0n) is 21.6. The molecule has 0 saturated carbocycles. The molecule has 2 heterocycles. The summed E-state index contributed by atoms with van der Waals surface area (Å²) >= 11 is 0. The molecule has 2 amide bonds. The average Bonchev–Trinajstić information content (AvgIpc) is 3.21. The second-order valence-corrected chi connectivity index (χ2v) is 10.6. The van der Waals surface area contributed by atoms with Gasteiger partial charge in [0.05, 0.1) is 5.56 Å². The number of halogens is 5. The lowest BCUT2D eigenvalue weighted by Crippen LogP contribution is -2.42. The van der Waals surface area contributed by atoms with E-state index in [4.69, 9.17) is 4.74 Å². The molecule has 2 aliphatic heterocycles. The molecule has 0 aliphatic carbocycles. The summed E-state index contributed by atoms with van der Waals surface area (Å²) in [6.07, 6.45) is 1.89. The normalized spacial score (nSPS) is 15.9. The molecule has 2 aliphatic rings. The van der Waals surface area contributed by atoms with E-state index in [1.165, 1.54) is 18.2 Å². The molecular weight excluding hydrogens is 527 g/mol. The lowest BCUT2D eigenvalue weighted by Gasteiger charge is -2.34. The standard InChI is InChI=1S/C27H27F5N2O5/c1-27(2,3)39-26(37)33-9-6-14(7-10-33)8-11-34-13-16-5-4-15(12-17(16)24(34)35)25(36)38-23-21(31)19(29)18(28)20(30)22(23)32/h4-5,12,14H,6-11,13H2,1-3H3. The first kappa shape index (κ1) is 28.3. The largest absolute Gasteiger partial charge is 0.444 e. The fraction of sp³-hybridized carbons (Fsp3) is 0.444. The van der Waals surface area contributed by atoms with Gasteiger partial charge in [0.25, 0.3) is 5.91 Å². The van der Waals surface area contributed by atoms with Crippen LogP contribution in [0.4, 0.5) is 26.7 Å². The zero-order valence-corrected chi connectivity index (χ0v) is 21.6. The van der Waals surface area contributed by atoms with Crippen LogP contribution in [0.25, 0.3) is 0 Å². The second kappa shape index (κ2) is 10.8. The van der Waals surface area contributed by atoms with E-state index in [0.717, 1.165) is 12.8 Å². The molecule has 0 bridgehead atoms. The topological polar surface area (TPSA) is 76.2 Å². The maximum absolute atomic E-state index is 13.9. The van der Waals surface area contributed by atoms with Crippen molar-refractivity contribution in [3.63, 3.8) is 0 Å². The molecule has 7 nitrogen and oxygen atoms in total. The van der Waals surface area contributed by atoms with Crippen LogP contribution in [0.15, 0.2) is 18.2 Å². The summed E-state index contributed by atoms with van der Waals surface area (Å²) in [6.45, 7) is 7.27. The molecule has 0 N–H and O–H groups in total. The van der Waals surface area contributed by atoms with Crippen molar-refractivity contribution in [1.82, 2.24) is 9.80 Å². The lowest BCUT2D eigenvalue weighted by atomic mass is 9.93. The predicted octanol–water partition coefficient (Wildman–Crippen LogP) is 5.59. The summed E-state index contributed by atoms with van der Waals surface area (Å²) < 4.78 is 77.8. The minimum atomic E-state index is -2.37. The Morgan fingerprint density at radius 2 is 1.54 bits per heavy atom. The van der Waals surface area contributed by atoms with Gasteiger partial charge in [-0.3, -0.25) is 4.79 Å². The van der Waals surface area contributed by atoms with Crippen molar-refractivity contribution < 1.29 is 45.8 Å². The molecule has 0 radical (unpaired) electrons. The molecule has 0 spiro atoms. The van der Waals surface area contributed by atoms with Gasteiger partial charge in [0.15, 0.2) is 0 Å². The highest BCUT2D eigenvalue weighted by molar-refractivity contribution is 6.01. The van der Waals surface area contributed by atoms with E-state index in [-0.39, 0.29) is 29.7 Å². The number of ether oxygens (including phenoxy) is 2. The Bertz CT molecular complexity index is 1290. The first-order chi connectivity index (χ1) is 18.3. The van der Waals surface area contributed by atoms with Gasteiger partial charge >= 0.3 is 12.1 Å². The summed E-state index contributed by atoms with van der Waals surface area (Å²) in [5.74, 6) is -14.6. The number of piperidine rings is 1. The molecule has 1 saturated heterocycles. The summed E-state index contributed by atoms with van der Waals surface area (Å²) in [7, 11) is 0. The van der Waals surface area contributed by atoms with Crippen LogP contribution in [-0.4, -0.2) is 53.0 Å². The third kappa shape index (κ3) is 5.99. The van der Waals surface area contributed by atoms with E-state index in [0.29, 0.717) is 37.5 Å². The van der Waals surface area contributed by atoms with Gasteiger partial charge < -0.3 is 19.3 Å². The van der Waals surface area contributed by atoms with Crippen LogP contribution >= 0.6 is 0 Å². The molecular formula is C27H27F5N2O5. The molecule has 2 aromatic carbocycles. The molecule has 0 unspecified atom stereocenters. The highest BCUT2D eigenvalue weighted by Crippen LogP contribution is 2.31. The van der Waals surface area contributed by atoms with Crippen LogP contribution in [0, 0.1) is 35.0 Å². The Kier molecular flexibility index (Phi) is 7.85. The van der Waals surface area contributed by atoms with Crippen molar-refractivity contribution in [3.8, 4) is 5.75 Å². The number of rotatable bonds is 5. The van der Waals surface area contributed by atoms with Crippen LogP contribution in [0.2, 0.25) is 0 Å². The number of carbonyl (C=O) groups is 3. The first-order valence-electron chi connectivity index (χ1n) is 12.4.